The maximum Gasteiger partial charge on any atom is 0.302 e. The zero-order valence-electron chi connectivity index (χ0n) is 19.8. The van der Waals surface area contributed by atoms with Gasteiger partial charge in [0.1, 0.15) is 0 Å². The lowest BCUT2D eigenvalue weighted by Crippen LogP contribution is -2.34. The molecule has 0 aliphatic carbocycles. The van der Waals surface area contributed by atoms with Gasteiger partial charge in [0.05, 0.1) is 36.1 Å². The summed E-state index contributed by atoms with van der Waals surface area (Å²) in [6, 6.07) is 16.8. The summed E-state index contributed by atoms with van der Waals surface area (Å²) in [7, 11) is 1.61. The summed E-state index contributed by atoms with van der Waals surface area (Å²) in [5.41, 5.74) is 3.34. The van der Waals surface area contributed by atoms with Crippen molar-refractivity contribution < 1.29 is 19.1 Å². The van der Waals surface area contributed by atoms with Crippen LogP contribution in [0.2, 0.25) is 0 Å². The number of hydrazone groups is 1. The Morgan fingerprint density at radius 1 is 1.11 bits per heavy atom. The van der Waals surface area contributed by atoms with Crippen molar-refractivity contribution in [2.45, 2.75) is 32.1 Å². The first-order valence-corrected chi connectivity index (χ1v) is 13.1. The van der Waals surface area contributed by atoms with Crippen molar-refractivity contribution in [3.05, 3.63) is 76.0 Å². The lowest BCUT2D eigenvalue weighted by atomic mass is 10.0. The van der Waals surface area contributed by atoms with E-state index in [2.05, 4.69) is 5.32 Å². The quantitative estimate of drug-likeness (QED) is 0.368. The minimum atomic E-state index is -0.138. The Morgan fingerprint density at radius 3 is 2.57 bits per heavy atom. The van der Waals surface area contributed by atoms with Gasteiger partial charge in [-0.25, -0.2) is 5.01 Å². The molecule has 2 heterocycles. The highest BCUT2D eigenvalue weighted by Crippen LogP contribution is 2.34. The van der Waals surface area contributed by atoms with Crippen molar-refractivity contribution in [2.24, 2.45) is 5.10 Å². The normalized spacial score (nSPS) is 15.5. The van der Waals surface area contributed by atoms with Crippen LogP contribution in [0.1, 0.15) is 41.1 Å². The first kappa shape index (κ1) is 24.8. The van der Waals surface area contributed by atoms with Gasteiger partial charge in [-0.15, -0.1) is 11.3 Å². The van der Waals surface area contributed by atoms with Crippen LogP contribution < -0.4 is 14.8 Å². The number of methoxy groups -OCH3 is 1. The van der Waals surface area contributed by atoms with Crippen molar-refractivity contribution >= 4 is 45.6 Å². The molecule has 1 N–H and O–H groups in total. The minimum absolute atomic E-state index is 0.0449. The summed E-state index contributed by atoms with van der Waals surface area (Å²) in [5.74, 6) is 1.17. The standard InChI is InChI=1S/C26H27N3O4S2/c1-4-22-24(18-10-13-20(32-3)21(15-18)33-5-2)28-29(26(31)35-22)16-17-8-11-19(12-9-17)27-25(30)23-7-6-14-34-23/h6-15,22H,4-5,16H2,1-3H3,(H,27,30). The van der Waals surface area contributed by atoms with E-state index in [1.807, 2.05) is 67.8 Å². The van der Waals surface area contributed by atoms with Crippen molar-refractivity contribution in [2.75, 3.05) is 19.0 Å². The highest BCUT2D eigenvalue weighted by atomic mass is 32.2. The zero-order chi connectivity index (χ0) is 24.8. The Kier molecular flexibility index (Phi) is 8.09. The number of nitrogens with one attached hydrogen (secondary N) is 1. The SMILES string of the molecule is CCOc1cc(C2=NN(Cc3ccc(NC(=O)c4cccs4)cc3)C(=O)SC2CC)ccc1OC. The molecular formula is C26H27N3O4S2. The third-order valence-electron chi connectivity index (χ3n) is 5.41. The highest BCUT2D eigenvalue weighted by molar-refractivity contribution is 8.14. The summed E-state index contributed by atoms with van der Waals surface area (Å²) in [4.78, 5) is 25.8. The largest absolute Gasteiger partial charge is 0.493 e. The zero-order valence-corrected chi connectivity index (χ0v) is 21.4. The van der Waals surface area contributed by atoms with E-state index in [0.29, 0.717) is 35.2 Å². The summed E-state index contributed by atoms with van der Waals surface area (Å²) >= 11 is 2.68. The number of ether oxygens (including phenoxy) is 2. The fraction of sp³-hybridized carbons (Fsp3) is 0.269. The Balaban J connectivity index is 1.53. The molecule has 0 fully saturated rings. The molecule has 1 aliphatic rings. The number of thiophene rings is 1. The molecule has 1 aliphatic heterocycles. The van der Waals surface area contributed by atoms with Gasteiger partial charge in [-0.05, 0) is 60.7 Å². The molecule has 0 saturated carbocycles. The van der Waals surface area contributed by atoms with Gasteiger partial charge in [-0.1, -0.05) is 36.9 Å². The average molecular weight is 510 g/mol. The molecule has 3 aromatic rings. The second kappa shape index (κ2) is 11.4. The molecule has 182 valence electrons. The molecule has 1 aromatic heterocycles. The predicted octanol–water partition coefficient (Wildman–Crippen LogP) is 6.26. The van der Waals surface area contributed by atoms with Crippen LogP contribution in [0.15, 0.2) is 65.1 Å². The number of carbonyl (C=O) groups is 2. The molecule has 35 heavy (non-hydrogen) atoms. The summed E-state index contributed by atoms with van der Waals surface area (Å²) < 4.78 is 11.1. The third kappa shape index (κ3) is 5.86. The molecule has 7 nitrogen and oxygen atoms in total. The van der Waals surface area contributed by atoms with Crippen LogP contribution in [0.3, 0.4) is 0 Å². The first-order chi connectivity index (χ1) is 17.0. The Labute approximate surface area is 213 Å². The maximum atomic E-state index is 12.8. The van der Waals surface area contributed by atoms with Crippen LogP contribution >= 0.6 is 23.1 Å². The molecule has 0 radical (unpaired) electrons. The van der Waals surface area contributed by atoms with Crippen LogP contribution in [-0.2, 0) is 6.54 Å². The lowest BCUT2D eigenvalue weighted by Gasteiger charge is -2.28. The van der Waals surface area contributed by atoms with Crippen LogP contribution in [-0.4, -0.2) is 40.8 Å². The third-order valence-corrected chi connectivity index (χ3v) is 7.53. The molecule has 0 spiro atoms. The van der Waals surface area contributed by atoms with Gasteiger partial charge in [0.15, 0.2) is 11.5 Å². The van der Waals surface area contributed by atoms with Gasteiger partial charge < -0.3 is 14.8 Å². The summed E-state index contributed by atoms with van der Waals surface area (Å²) in [6.07, 6.45) is 0.776. The van der Waals surface area contributed by atoms with Gasteiger partial charge in [0.25, 0.3) is 5.91 Å². The van der Waals surface area contributed by atoms with E-state index in [9.17, 15) is 9.59 Å². The summed E-state index contributed by atoms with van der Waals surface area (Å²) in [5, 5.41) is 10.9. The molecule has 0 saturated heterocycles. The Hall–Kier alpha value is -3.30. The van der Waals surface area contributed by atoms with Gasteiger partial charge in [-0.2, -0.15) is 5.10 Å². The van der Waals surface area contributed by atoms with E-state index >= 15 is 0 Å². The molecule has 2 aromatic carbocycles. The smallest absolute Gasteiger partial charge is 0.302 e. The van der Waals surface area contributed by atoms with E-state index in [1.165, 1.54) is 28.1 Å². The number of anilines is 1. The number of hydrogen-bond donors (Lipinski definition) is 1. The van der Waals surface area contributed by atoms with Crippen LogP contribution in [0.4, 0.5) is 10.5 Å². The Morgan fingerprint density at radius 2 is 1.91 bits per heavy atom. The van der Waals surface area contributed by atoms with Gasteiger partial charge in [0, 0.05) is 11.3 Å². The monoisotopic (exact) mass is 509 g/mol. The van der Waals surface area contributed by atoms with Crippen molar-refractivity contribution in [1.82, 2.24) is 5.01 Å². The van der Waals surface area contributed by atoms with Crippen molar-refractivity contribution in [3.8, 4) is 11.5 Å². The van der Waals surface area contributed by atoms with E-state index in [-0.39, 0.29) is 16.4 Å². The fourth-order valence-corrected chi connectivity index (χ4v) is 5.22. The van der Waals surface area contributed by atoms with Gasteiger partial charge in [-0.3, -0.25) is 9.59 Å². The van der Waals surface area contributed by atoms with Crippen LogP contribution in [0.25, 0.3) is 0 Å². The number of rotatable bonds is 9. The maximum absolute atomic E-state index is 12.8. The average Bonchev–Trinajstić information content (AvgIpc) is 3.42. The predicted molar refractivity (Wildman–Crippen MR) is 142 cm³/mol. The Bertz CT molecular complexity index is 1210. The minimum Gasteiger partial charge on any atom is -0.493 e. The molecule has 1 unspecified atom stereocenters. The van der Waals surface area contributed by atoms with E-state index in [0.717, 1.165) is 23.3 Å². The fourth-order valence-electron chi connectivity index (χ4n) is 3.67. The topological polar surface area (TPSA) is 80.2 Å². The van der Waals surface area contributed by atoms with Gasteiger partial charge in [0.2, 0.25) is 0 Å². The molecular weight excluding hydrogens is 482 g/mol. The number of carbonyl (C=O) groups excluding carboxylic acids is 2. The highest BCUT2D eigenvalue weighted by Gasteiger charge is 2.30. The van der Waals surface area contributed by atoms with Crippen LogP contribution in [0, 0.1) is 0 Å². The summed E-state index contributed by atoms with van der Waals surface area (Å²) in [6.45, 7) is 4.83. The number of thioether (sulfide) groups is 1. The van der Waals surface area contributed by atoms with Crippen LogP contribution in [0.5, 0.6) is 11.5 Å². The number of benzene rings is 2. The number of hydrogen-bond acceptors (Lipinski definition) is 7. The van der Waals surface area contributed by atoms with Gasteiger partial charge >= 0.3 is 5.24 Å². The molecule has 1 atom stereocenters. The first-order valence-electron chi connectivity index (χ1n) is 11.3. The van der Waals surface area contributed by atoms with E-state index in [4.69, 9.17) is 14.6 Å². The number of nitrogens with zero attached hydrogens (tertiary/aromatic N) is 2. The van der Waals surface area contributed by atoms with Crippen molar-refractivity contribution in [1.29, 1.82) is 0 Å². The van der Waals surface area contributed by atoms with E-state index in [1.54, 1.807) is 13.2 Å². The molecule has 4 rings (SSSR count). The van der Waals surface area contributed by atoms with Crippen molar-refractivity contribution in [3.63, 3.8) is 0 Å². The second-order valence-corrected chi connectivity index (χ2v) is 9.85. The van der Waals surface area contributed by atoms with E-state index < -0.39 is 0 Å². The number of amides is 2. The second-order valence-electron chi connectivity index (χ2n) is 7.75. The lowest BCUT2D eigenvalue weighted by molar-refractivity contribution is 0.103. The molecule has 0 bridgehead atoms. The molecule has 9 heteroatoms. The molecule has 2 amide bonds.